The molecule has 0 amide bonds. The van der Waals surface area contributed by atoms with Crippen molar-refractivity contribution in [3.8, 4) is 0 Å². The minimum Gasteiger partial charge on any atom is -0.478 e. The Kier molecular flexibility index (Phi) is 4.49. The van der Waals surface area contributed by atoms with Crippen molar-refractivity contribution in [2.24, 2.45) is 5.92 Å². The lowest BCUT2D eigenvalue weighted by Crippen LogP contribution is -2.23. The Balaban J connectivity index is 2.82. The highest BCUT2D eigenvalue weighted by atomic mass is 19.1. The molecule has 0 spiro atoms. The van der Waals surface area contributed by atoms with Gasteiger partial charge in [0, 0.05) is 6.04 Å². The fourth-order valence-corrected chi connectivity index (χ4v) is 1.51. The summed E-state index contributed by atoms with van der Waals surface area (Å²) in [5, 5.41) is 11.8. The number of nitrogens with one attached hydrogen (secondary N) is 1. The molecule has 0 heterocycles. The molecule has 94 valence electrons. The summed E-state index contributed by atoms with van der Waals surface area (Å²) < 4.78 is 13.6. The standard InChI is InChI=1S/C13H18FNO2/c1-4-8(2)9(3)15-12-6-5-10(13(16)17)7-11(12)14/h5-9,15H,4H2,1-3H3,(H,16,17). The lowest BCUT2D eigenvalue weighted by atomic mass is 10.0. The van der Waals surface area contributed by atoms with Crippen molar-refractivity contribution >= 4 is 11.7 Å². The average Bonchev–Trinajstić information content (AvgIpc) is 2.30. The molecule has 2 N–H and O–H groups in total. The molecule has 1 aromatic rings. The Morgan fingerprint density at radius 3 is 2.59 bits per heavy atom. The van der Waals surface area contributed by atoms with Crippen LogP contribution < -0.4 is 5.32 Å². The Hall–Kier alpha value is -1.58. The third kappa shape index (κ3) is 3.44. The number of aromatic carboxylic acids is 1. The van der Waals surface area contributed by atoms with Gasteiger partial charge in [0.2, 0.25) is 0 Å². The van der Waals surface area contributed by atoms with Crippen LogP contribution in [-0.2, 0) is 0 Å². The van der Waals surface area contributed by atoms with Crippen LogP contribution in [0, 0.1) is 11.7 Å². The number of carboxylic acid groups (broad SMARTS) is 1. The number of carboxylic acids is 1. The van der Waals surface area contributed by atoms with Gasteiger partial charge in [-0.1, -0.05) is 20.3 Å². The lowest BCUT2D eigenvalue weighted by Gasteiger charge is -2.21. The summed E-state index contributed by atoms with van der Waals surface area (Å²) in [6.07, 6.45) is 1.00. The van der Waals surface area contributed by atoms with Crippen LogP contribution in [0.4, 0.5) is 10.1 Å². The summed E-state index contributed by atoms with van der Waals surface area (Å²) in [5.74, 6) is -1.22. The zero-order valence-electron chi connectivity index (χ0n) is 10.3. The largest absolute Gasteiger partial charge is 0.478 e. The summed E-state index contributed by atoms with van der Waals surface area (Å²) in [6, 6.07) is 4.05. The number of hydrogen-bond acceptors (Lipinski definition) is 2. The number of benzene rings is 1. The van der Waals surface area contributed by atoms with Crippen LogP contribution in [0.5, 0.6) is 0 Å². The maximum atomic E-state index is 13.6. The van der Waals surface area contributed by atoms with Crippen LogP contribution in [0.15, 0.2) is 18.2 Å². The van der Waals surface area contributed by atoms with Gasteiger partial charge in [-0.2, -0.15) is 0 Å². The first kappa shape index (κ1) is 13.5. The Morgan fingerprint density at radius 1 is 1.47 bits per heavy atom. The smallest absolute Gasteiger partial charge is 0.335 e. The van der Waals surface area contributed by atoms with Gasteiger partial charge in [-0.3, -0.25) is 0 Å². The lowest BCUT2D eigenvalue weighted by molar-refractivity contribution is 0.0696. The highest BCUT2D eigenvalue weighted by Gasteiger charge is 2.13. The van der Waals surface area contributed by atoms with E-state index in [4.69, 9.17) is 5.11 Å². The fourth-order valence-electron chi connectivity index (χ4n) is 1.51. The van der Waals surface area contributed by atoms with Gasteiger partial charge in [-0.05, 0) is 31.0 Å². The monoisotopic (exact) mass is 239 g/mol. The molecular formula is C13H18FNO2. The van der Waals surface area contributed by atoms with Crippen molar-refractivity contribution in [2.45, 2.75) is 33.2 Å². The third-order valence-corrected chi connectivity index (χ3v) is 3.10. The molecule has 1 aromatic carbocycles. The number of carbonyl (C=O) groups is 1. The van der Waals surface area contributed by atoms with Crippen LogP contribution >= 0.6 is 0 Å². The predicted molar refractivity (Wildman–Crippen MR) is 65.9 cm³/mol. The minimum atomic E-state index is -1.12. The first-order chi connectivity index (χ1) is 7.95. The van der Waals surface area contributed by atoms with Crippen LogP contribution in [-0.4, -0.2) is 17.1 Å². The summed E-state index contributed by atoms with van der Waals surface area (Å²) in [6.45, 7) is 6.15. The number of hydrogen-bond donors (Lipinski definition) is 2. The van der Waals surface area contributed by atoms with Gasteiger partial charge >= 0.3 is 5.97 Å². The highest BCUT2D eigenvalue weighted by Crippen LogP contribution is 2.19. The summed E-state index contributed by atoms with van der Waals surface area (Å²) in [7, 11) is 0. The number of rotatable bonds is 5. The maximum Gasteiger partial charge on any atom is 0.335 e. The third-order valence-electron chi connectivity index (χ3n) is 3.10. The van der Waals surface area contributed by atoms with E-state index in [2.05, 4.69) is 19.2 Å². The molecule has 1 rings (SSSR count). The molecule has 17 heavy (non-hydrogen) atoms. The second-order valence-electron chi connectivity index (χ2n) is 4.32. The van der Waals surface area contributed by atoms with Gasteiger partial charge in [-0.25, -0.2) is 9.18 Å². The molecule has 0 saturated heterocycles. The average molecular weight is 239 g/mol. The Labute approximate surface area is 101 Å². The zero-order chi connectivity index (χ0) is 13.0. The molecule has 4 heteroatoms. The van der Waals surface area contributed by atoms with Crippen molar-refractivity contribution in [3.63, 3.8) is 0 Å². The van der Waals surface area contributed by atoms with Crippen molar-refractivity contribution in [2.75, 3.05) is 5.32 Å². The zero-order valence-corrected chi connectivity index (χ0v) is 10.3. The van der Waals surface area contributed by atoms with Crippen LogP contribution in [0.3, 0.4) is 0 Å². The second kappa shape index (κ2) is 5.66. The van der Waals surface area contributed by atoms with Crippen molar-refractivity contribution in [1.29, 1.82) is 0 Å². The van der Waals surface area contributed by atoms with Crippen molar-refractivity contribution < 1.29 is 14.3 Å². The van der Waals surface area contributed by atoms with E-state index >= 15 is 0 Å². The molecule has 0 saturated carbocycles. The molecule has 2 atom stereocenters. The highest BCUT2D eigenvalue weighted by molar-refractivity contribution is 5.88. The van der Waals surface area contributed by atoms with Crippen molar-refractivity contribution in [1.82, 2.24) is 0 Å². The van der Waals surface area contributed by atoms with Gasteiger partial charge in [0.15, 0.2) is 0 Å². The van der Waals surface area contributed by atoms with Gasteiger partial charge in [0.05, 0.1) is 11.3 Å². The normalized spacial score (nSPS) is 14.1. The van der Waals surface area contributed by atoms with E-state index in [1.54, 1.807) is 0 Å². The Morgan fingerprint density at radius 2 is 2.12 bits per heavy atom. The quantitative estimate of drug-likeness (QED) is 0.828. The van der Waals surface area contributed by atoms with Crippen molar-refractivity contribution in [3.05, 3.63) is 29.6 Å². The maximum absolute atomic E-state index is 13.6. The molecule has 0 aliphatic heterocycles. The van der Waals surface area contributed by atoms with Gasteiger partial charge in [0.25, 0.3) is 0 Å². The van der Waals surface area contributed by atoms with E-state index in [-0.39, 0.29) is 11.6 Å². The summed E-state index contributed by atoms with van der Waals surface area (Å²) >= 11 is 0. The second-order valence-corrected chi connectivity index (χ2v) is 4.32. The molecule has 0 aliphatic rings. The molecule has 0 aromatic heterocycles. The van der Waals surface area contributed by atoms with Crippen LogP contribution in [0.25, 0.3) is 0 Å². The van der Waals surface area contributed by atoms with Gasteiger partial charge in [-0.15, -0.1) is 0 Å². The van der Waals surface area contributed by atoms with E-state index in [1.807, 2.05) is 6.92 Å². The first-order valence-electron chi connectivity index (χ1n) is 5.75. The minimum absolute atomic E-state index is 0.0377. The topological polar surface area (TPSA) is 49.3 Å². The van der Waals surface area contributed by atoms with Gasteiger partial charge < -0.3 is 10.4 Å². The van der Waals surface area contributed by atoms with E-state index in [0.29, 0.717) is 11.6 Å². The first-order valence-corrected chi connectivity index (χ1v) is 5.75. The number of anilines is 1. The molecule has 2 unspecified atom stereocenters. The summed E-state index contributed by atoms with van der Waals surface area (Å²) in [4.78, 5) is 10.7. The van der Waals surface area contributed by atoms with E-state index in [9.17, 15) is 9.18 Å². The summed E-state index contributed by atoms with van der Waals surface area (Å²) in [5.41, 5.74) is 0.312. The molecule has 0 bridgehead atoms. The van der Waals surface area contributed by atoms with Crippen LogP contribution in [0.2, 0.25) is 0 Å². The van der Waals surface area contributed by atoms with E-state index in [1.165, 1.54) is 12.1 Å². The molecule has 3 nitrogen and oxygen atoms in total. The van der Waals surface area contributed by atoms with E-state index < -0.39 is 11.8 Å². The molecule has 0 aliphatic carbocycles. The molecule has 0 fully saturated rings. The van der Waals surface area contributed by atoms with Crippen LogP contribution in [0.1, 0.15) is 37.6 Å². The van der Waals surface area contributed by atoms with E-state index in [0.717, 1.165) is 12.5 Å². The fraction of sp³-hybridized carbons (Fsp3) is 0.462. The van der Waals surface area contributed by atoms with Gasteiger partial charge in [0.1, 0.15) is 5.82 Å². The number of halogens is 1. The SMILES string of the molecule is CCC(C)C(C)Nc1ccc(C(=O)O)cc1F. The predicted octanol–water partition coefficient (Wildman–Crippen LogP) is 3.37. The Bertz CT molecular complexity index is 406. The molecular weight excluding hydrogens is 221 g/mol. The molecule has 0 radical (unpaired) electrons.